The summed E-state index contributed by atoms with van der Waals surface area (Å²) in [5, 5.41) is 12.7. The van der Waals surface area contributed by atoms with Crippen LogP contribution in [0.25, 0.3) is 0 Å². The predicted molar refractivity (Wildman–Crippen MR) is 77.6 cm³/mol. The highest BCUT2D eigenvalue weighted by Crippen LogP contribution is 2.37. The third-order valence-electron chi connectivity index (χ3n) is 4.20. The average molecular weight is 307 g/mol. The molecule has 2 heterocycles. The molecule has 112 valence electrons. The number of aryl methyl sites for hydroxylation is 1. The molecule has 0 amide bonds. The number of aliphatic hydroxyl groups is 1. The van der Waals surface area contributed by atoms with Crippen LogP contribution in [0.2, 0.25) is 0 Å². The maximum absolute atomic E-state index is 12.3. The molecule has 0 bridgehead atoms. The highest BCUT2D eigenvalue weighted by molar-refractivity contribution is 7.91. The molecule has 3 rings (SSSR count). The number of aliphatic hydroxyl groups excluding tert-OH is 1. The van der Waals surface area contributed by atoms with E-state index in [0.29, 0.717) is 18.5 Å². The van der Waals surface area contributed by atoms with Crippen LogP contribution >= 0.6 is 0 Å². The molecule has 1 saturated carbocycles. The number of hydrogen-bond donors (Lipinski definition) is 2. The highest BCUT2D eigenvalue weighted by Gasteiger charge is 2.39. The van der Waals surface area contributed by atoms with Crippen LogP contribution in [0.5, 0.6) is 0 Å². The largest absolute Gasteiger partial charge is 0.394 e. The molecule has 2 aliphatic rings. The minimum Gasteiger partial charge on any atom is -0.394 e. The van der Waals surface area contributed by atoms with E-state index >= 15 is 0 Å². The molecule has 1 fully saturated rings. The van der Waals surface area contributed by atoms with Gasteiger partial charge in [-0.2, -0.15) is 0 Å². The molecule has 1 aromatic heterocycles. The summed E-state index contributed by atoms with van der Waals surface area (Å²) in [5.74, 6) is 2.89. The van der Waals surface area contributed by atoms with Crippen LogP contribution in [0.15, 0.2) is 4.90 Å². The van der Waals surface area contributed by atoms with Gasteiger partial charge in [-0.3, -0.25) is 0 Å². The first-order valence-electron chi connectivity index (χ1n) is 6.99. The number of sulfone groups is 1. The molecule has 1 aliphatic heterocycles. The number of aromatic nitrogens is 2. The summed E-state index contributed by atoms with van der Waals surface area (Å²) >= 11 is 0. The summed E-state index contributed by atoms with van der Waals surface area (Å²) in [4.78, 5) is 8.48. The van der Waals surface area contributed by atoms with Crippen molar-refractivity contribution in [3.8, 4) is 12.3 Å². The van der Waals surface area contributed by atoms with Crippen LogP contribution in [0.1, 0.15) is 37.2 Å². The Labute approximate surface area is 123 Å². The molecule has 2 N–H and O–H groups in total. The maximum Gasteiger partial charge on any atom is 0.206 e. The molecule has 0 unspecified atom stereocenters. The summed E-state index contributed by atoms with van der Waals surface area (Å²) in [7, 11) is -3.40. The quantitative estimate of drug-likeness (QED) is 0.790. The molecule has 6 nitrogen and oxygen atoms in total. The van der Waals surface area contributed by atoms with Crippen molar-refractivity contribution in [2.45, 2.75) is 42.5 Å². The van der Waals surface area contributed by atoms with E-state index in [0.717, 1.165) is 19.3 Å². The van der Waals surface area contributed by atoms with Crippen LogP contribution in [-0.4, -0.2) is 41.4 Å². The van der Waals surface area contributed by atoms with Crippen molar-refractivity contribution in [3.63, 3.8) is 0 Å². The molecule has 0 radical (unpaired) electrons. The lowest BCUT2D eigenvalue weighted by molar-refractivity contribution is 0.143. The molecule has 0 saturated heterocycles. The van der Waals surface area contributed by atoms with E-state index in [1.165, 1.54) is 0 Å². The summed E-state index contributed by atoms with van der Waals surface area (Å²) in [5.41, 5.74) is 0.000130. The Hall–Kier alpha value is -1.65. The monoisotopic (exact) mass is 307 g/mol. The summed E-state index contributed by atoms with van der Waals surface area (Å²) in [6.07, 6.45) is 9.05. The fourth-order valence-electron chi connectivity index (χ4n) is 2.85. The third kappa shape index (κ3) is 2.39. The molecule has 21 heavy (non-hydrogen) atoms. The van der Waals surface area contributed by atoms with Gasteiger partial charge in [0.15, 0.2) is 9.84 Å². The lowest BCUT2D eigenvalue weighted by Gasteiger charge is -2.42. The summed E-state index contributed by atoms with van der Waals surface area (Å²) < 4.78 is 24.7. The molecule has 0 aromatic carbocycles. The van der Waals surface area contributed by atoms with Gasteiger partial charge in [0, 0.05) is 0 Å². The van der Waals surface area contributed by atoms with E-state index in [9.17, 15) is 13.5 Å². The van der Waals surface area contributed by atoms with Crippen molar-refractivity contribution < 1.29 is 13.5 Å². The van der Waals surface area contributed by atoms with Gasteiger partial charge in [0.1, 0.15) is 10.7 Å². The molecule has 1 aromatic rings. The Balaban J connectivity index is 2.12. The van der Waals surface area contributed by atoms with E-state index in [1.807, 2.05) is 0 Å². The van der Waals surface area contributed by atoms with Gasteiger partial charge in [0.25, 0.3) is 0 Å². The first kappa shape index (κ1) is 14.3. The average Bonchev–Trinajstić information content (AvgIpc) is 2.41. The molecule has 7 heteroatoms. The van der Waals surface area contributed by atoms with E-state index in [2.05, 4.69) is 21.2 Å². The first-order valence-corrected chi connectivity index (χ1v) is 8.64. The van der Waals surface area contributed by atoms with E-state index in [-0.39, 0.29) is 28.9 Å². The van der Waals surface area contributed by atoms with Crippen molar-refractivity contribution in [1.82, 2.24) is 9.97 Å². The number of anilines is 1. The van der Waals surface area contributed by atoms with Crippen LogP contribution < -0.4 is 5.32 Å². The summed E-state index contributed by atoms with van der Waals surface area (Å²) in [6, 6.07) is 0. The van der Waals surface area contributed by atoms with Gasteiger partial charge in [-0.05, 0) is 38.0 Å². The third-order valence-corrected chi connectivity index (χ3v) is 6.08. The number of rotatable bonds is 3. The van der Waals surface area contributed by atoms with Gasteiger partial charge in [-0.15, -0.1) is 6.42 Å². The zero-order valence-electron chi connectivity index (χ0n) is 11.6. The molecular formula is C14H17N3O3S. The van der Waals surface area contributed by atoms with Crippen LogP contribution in [0, 0.1) is 12.3 Å². The number of fused-ring (bicyclic) bond motifs is 1. The maximum atomic E-state index is 12.3. The number of nitrogens with zero attached hydrogens (tertiary/aromatic N) is 2. The van der Waals surface area contributed by atoms with Crippen molar-refractivity contribution in [2.24, 2.45) is 0 Å². The zero-order valence-corrected chi connectivity index (χ0v) is 12.4. The minimum atomic E-state index is -3.40. The Morgan fingerprint density at radius 2 is 2.10 bits per heavy atom. The van der Waals surface area contributed by atoms with Gasteiger partial charge in [0.2, 0.25) is 5.82 Å². The lowest BCUT2D eigenvalue weighted by atomic mass is 9.77. The van der Waals surface area contributed by atoms with Gasteiger partial charge in [-0.25, -0.2) is 18.4 Å². The Bertz CT molecular complexity index is 712. The number of hydrogen-bond acceptors (Lipinski definition) is 6. The molecule has 0 atom stereocenters. The SMILES string of the molecule is C#Cc1nc2c(c(NC3(CO)CCC3)n1)S(=O)(=O)CCC2. The van der Waals surface area contributed by atoms with E-state index in [4.69, 9.17) is 6.42 Å². The Morgan fingerprint density at radius 1 is 1.33 bits per heavy atom. The van der Waals surface area contributed by atoms with Gasteiger partial charge < -0.3 is 10.4 Å². The number of terminal acetylenes is 1. The Kier molecular flexibility index (Phi) is 3.38. The Morgan fingerprint density at radius 3 is 2.67 bits per heavy atom. The number of nitrogens with one attached hydrogen (secondary N) is 1. The van der Waals surface area contributed by atoms with Crippen LogP contribution in [0.3, 0.4) is 0 Å². The topological polar surface area (TPSA) is 92.2 Å². The predicted octanol–water partition coefficient (Wildman–Crippen LogP) is 0.505. The second kappa shape index (κ2) is 4.97. The van der Waals surface area contributed by atoms with E-state index < -0.39 is 15.4 Å². The van der Waals surface area contributed by atoms with E-state index in [1.54, 1.807) is 0 Å². The van der Waals surface area contributed by atoms with Gasteiger partial charge in [-0.1, -0.05) is 0 Å². The van der Waals surface area contributed by atoms with Crippen LogP contribution in [-0.2, 0) is 16.3 Å². The van der Waals surface area contributed by atoms with Crippen LogP contribution in [0.4, 0.5) is 5.82 Å². The fourth-order valence-corrected chi connectivity index (χ4v) is 4.48. The van der Waals surface area contributed by atoms with Crippen molar-refractivity contribution >= 4 is 15.7 Å². The summed E-state index contributed by atoms with van der Waals surface area (Å²) in [6.45, 7) is -0.0583. The standard InChI is InChI=1S/C14H17N3O3S/c1-2-11-15-10-5-3-8-21(19,20)12(10)13(16-11)17-14(9-18)6-4-7-14/h1,18H,3-9H2,(H,15,16,17). The van der Waals surface area contributed by atoms with Gasteiger partial charge >= 0.3 is 0 Å². The molecular weight excluding hydrogens is 290 g/mol. The van der Waals surface area contributed by atoms with Crippen molar-refractivity contribution in [1.29, 1.82) is 0 Å². The smallest absolute Gasteiger partial charge is 0.206 e. The second-order valence-corrected chi connectivity index (χ2v) is 7.70. The second-order valence-electron chi connectivity index (χ2n) is 5.66. The fraction of sp³-hybridized carbons (Fsp3) is 0.571. The zero-order chi connectivity index (χ0) is 15.1. The van der Waals surface area contributed by atoms with Gasteiger partial charge in [0.05, 0.1) is 23.6 Å². The highest BCUT2D eigenvalue weighted by atomic mass is 32.2. The normalized spacial score (nSPS) is 21.7. The lowest BCUT2D eigenvalue weighted by Crippen LogP contribution is -2.49. The minimum absolute atomic E-state index is 0.0583. The van der Waals surface area contributed by atoms with Crippen molar-refractivity contribution in [3.05, 3.63) is 11.5 Å². The molecule has 1 aliphatic carbocycles. The molecule has 0 spiro atoms. The van der Waals surface area contributed by atoms with Crippen molar-refractivity contribution in [2.75, 3.05) is 17.7 Å². The first-order chi connectivity index (χ1) is 10.00.